The number of fused-ring (bicyclic) bond motifs is 1. The van der Waals surface area contributed by atoms with E-state index in [4.69, 9.17) is 9.47 Å². The fraction of sp³-hybridized carbons (Fsp3) is 0.294. The molecular weight excluding hydrogens is 346 g/mol. The fourth-order valence-electron chi connectivity index (χ4n) is 3.15. The Morgan fingerprint density at radius 2 is 1.60 bits per heavy atom. The molecule has 0 spiro atoms. The molecule has 1 aliphatic heterocycles. The Balaban J connectivity index is 2.37. The first-order valence-electron chi connectivity index (χ1n) is 7.65. The van der Waals surface area contributed by atoms with Crippen molar-refractivity contribution in [2.75, 3.05) is 14.2 Å². The highest BCUT2D eigenvalue weighted by molar-refractivity contribution is 7.91. The molecule has 0 atom stereocenters. The molecule has 0 amide bonds. The summed E-state index contributed by atoms with van der Waals surface area (Å²) in [6.45, 7) is 0.401. The second-order valence-corrected chi connectivity index (χ2v) is 7.42. The number of carbonyl (C=O) groups excluding carboxylic acids is 2. The summed E-state index contributed by atoms with van der Waals surface area (Å²) in [6, 6.07) is 7.79. The molecule has 0 aliphatic carbocycles. The molecule has 0 saturated heterocycles. The number of rotatable bonds is 4. The lowest BCUT2D eigenvalue weighted by molar-refractivity contribution is 0.0552. The van der Waals surface area contributed by atoms with Crippen LogP contribution in [0.2, 0.25) is 0 Å². The molecule has 0 radical (unpaired) electrons. The van der Waals surface area contributed by atoms with Crippen LogP contribution in [-0.2, 0) is 32.3 Å². The molecule has 1 aromatic carbocycles. The Labute approximate surface area is 145 Å². The van der Waals surface area contributed by atoms with E-state index in [0.717, 1.165) is 7.11 Å². The number of ether oxygens (including phenoxy) is 2. The first kappa shape index (κ1) is 17.2. The van der Waals surface area contributed by atoms with Gasteiger partial charge in [0.15, 0.2) is 5.03 Å². The van der Waals surface area contributed by atoms with E-state index < -0.39 is 21.8 Å². The predicted molar refractivity (Wildman–Crippen MR) is 87.3 cm³/mol. The highest BCUT2D eigenvalue weighted by atomic mass is 32.2. The Hall–Kier alpha value is -2.61. The number of carbonyl (C=O) groups is 2. The quantitative estimate of drug-likeness (QED) is 0.770. The first-order chi connectivity index (χ1) is 11.9. The van der Waals surface area contributed by atoms with Gasteiger partial charge in [-0.3, -0.25) is 0 Å². The van der Waals surface area contributed by atoms with Crippen LogP contribution >= 0.6 is 0 Å². The molecule has 1 aromatic heterocycles. The van der Waals surface area contributed by atoms with E-state index >= 15 is 0 Å². The van der Waals surface area contributed by atoms with Gasteiger partial charge in [0.05, 0.1) is 24.7 Å². The van der Waals surface area contributed by atoms with Crippen LogP contribution in [0.5, 0.6) is 0 Å². The van der Waals surface area contributed by atoms with Crippen molar-refractivity contribution in [3.05, 3.63) is 47.2 Å². The molecule has 1 aliphatic rings. The van der Waals surface area contributed by atoms with Crippen LogP contribution in [0.1, 0.15) is 32.8 Å². The molecule has 0 N–H and O–H groups in total. The van der Waals surface area contributed by atoms with E-state index in [-0.39, 0.29) is 21.0 Å². The third kappa shape index (κ3) is 2.62. The molecule has 0 saturated carbocycles. The first-order valence-corrected chi connectivity index (χ1v) is 9.14. The topological polar surface area (TPSA) is 91.7 Å². The van der Waals surface area contributed by atoms with Gasteiger partial charge in [0.25, 0.3) is 0 Å². The van der Waals surface area contributed by atoms with Gasteiger partial charge in [0.1, 0.15) is 5.56 Å². The maximum Gasteiger partial charge on any atom is 0.341 e. The number of hydrogen-bond donors (Lipinski definition) is 0. The zero-order valence-electron chi connectivity index (χ0n) is 13.8. The van der Waals surface area contributed by atoms with Crippen LogP contribution in [0, 0.1) is 0 Å². The number of hydrogen-bond acceptors (Lipinski definition) is 6. The maximum atomic E-state index is 13.2. The number of esters is 2. The van der Waals surface area contributed by atoms with Crippen molar-refractivity contribution >= 4 is 21.8 Å². The van der Waals surface area contributed by atoms with Crippen molar-refractivity contribution in [1.82, 2.24) is 4.57 Å². The van der Waals surface area contributed by atoms with Crippen LogP contribution < -0.4 is 0 Å². The zero-order valence-corrected chi connectivity index (χ0v) is 14.6. The van der Waals surface area contributed by atoms with E-state index in [1.807, 2.05) is 0 Å². The molecule has 8 heteroatoms. The SMILES string of the molecule is COC(=O)c1c(C(=O)OC)c(S(=O)(=O)c2ccccc2)n2c1CCC2. The van der Waals surface area contributed by atoms with E-state index in [1.54, 1.807) is 18.2 Å². The summed E-state index contributed by atoms with van der Waals surface area (Å²) in [5.41, 5.74) is 0.205. The number of sulfone groups is 1. The van der Waals surface area contributed by atoms with Crippen LogP contribution in [0.25, 0.3) is 0 Å². The van der Waals surface area contributed by atoms with E-state index in [2.05, 4.69) is 0 Å². The summed E-state index contributed by atoms with van der Waals surface area (Å²) in [7, 11) is -1.68. The summed E-state index contributed by atoms with van der Waals surface area (Å²) >= 11 is 0. The standard InChI is InChI=1S/C17H17NO6S/c1-23-16(19)13-12-9-6-10-18(12)15(14(13)17(20)24-2)25(21,22)11-7-4-3-5-8-11/h3-5,7-8H,6,9-10H2,1-2H3. The number of nitrogens with zero attached hydrogens (tertiary/aromatic N) is 1. The zero-order chi connectivity index (χ0) is 18.2. The van der Waals surface area contributed by atoms with Crippen molar-refractivity contribution in [3.8, 4) is 0 Å². The average molecular weight is 363 g/mol. The molecule has 25 heavy (non-hydrogen) atoms. The summed E-state index contributed by atoms with van der Waals surface area (Å²) in [5, 5.41) is -0.210. The fourth-order valence-corrected chi connectivity index (χ4v) is 4.83. The third-order valence-electron chi connectivity index (χ3n) is 4.21. The number of benzene rings is 1. The molecule has 0 bridgehead atoms. The Bertz CT molecular complexity index is 943. The molecular formula is C17H17NO6S. The summed E-state index contributed by atoms with van der Waals surface area (Å²) < 4.78 is 37.4. The minimum absolute atomic E-state index is 0.0265. The molecule has 2 aromatic rings. The summed E-state index contributed by atoms with van der Waals surface area (Å²) in [6.07, 6.45) is 1.16. The van der Waals surface area contributed by atoms with E-state index in [9.17, 15) is 18.0 Å². The molecule has 7 nitrogen and oxygen atoms in total. The van der Waals surface area contributed by atoms with E-state index in [0.29, 0.717) is 25.1 Å². The van der Waals surface area contributed by atoms with Gasteiger partial charge >= 0.3 is 11.9 Å². The van der Waals surface area contributed by atoms with Crippen molar-refractivity contribution in [2.24, 2.45) is 0 Å². The average Bonchev–Trinajstić information content (AvgIpc) is 3.21. The highest BCUT2D eigenvalue weighted by Crippen LogP contribution is 2.36. The maximum absolute atomic E-state index is 13.2. The number of aromatic nitrogens is 1. The lowest BCUT2D eigenvalue weighted by atomic mass is 10.1. The van der Waals surface area contributed by atoms with Crippen molar-refractivity contribution in [2.45, 2.75) is 29.3 Å². The largest absolute Gasteiger partial charge is 0.465 e. The van der Waals surface area contributed by atoms with Gasteiger partial charge in [-0.1, -0.05) is 18.2 Å². The van der Waals surface area contributed by atoms with Crippen molar-refractivity contribution in [3.63, 3.8) is 0 Å². The predicted octanol–water partition coefficient (Wildman–Crippen LogP) is 1.84. The summed E-state index contributed by atoms with van der Waals surface area (Å²) in [5.74, 6) is -1.63. The van der Waals surface area contributed by atoms with Gasteiger partial charge in [-0.05, 0) is 25.0 Å². The monoisotopic (exact) mass is 363 g/mol. The van der Waals surface area contributed by atoms with Gasteiger partial charge in [-0.2, -0.15) is 0 Å². The van der Waals surface area contributed by atoms with Crippen LogP contribution in [0.4, 0.5) is 0 Å². The molecule has 2 heterocycles. The van der Waals surface area contributed by atoms with Gasteiger partial charge in [0, 0.05) is 12.2 Å². The van der Waals surface area contributed by atoms with Gasteiger partial charge < -0.3 is 14.0 Å². The third-order valence-corrected chi connectivity index (χ3v) is 6.03. The normalized spacial score (nSPS) is 13.4. The van der Waals surface area contributed by atoms with Gasteiger partial charge in [-0.15, -0.1) is 0 Å². The van der Waals surface area contributed by atoms with Crippen molar-refractivity contribution in [1.29, 1.82) is 0 Å². The summed E-state index contributed by atoms with van der Waals surface area (Å²) in [4.78, 5) is 24.6. The van der Waals surface area contributed by atoms with Gasteiger partial charge in [0.2, 0.25) is 9.84 Å². The molecule has 3 rings (SSSR count). The van der Waals surface area contributed by atoms with Crippen LogP contribution in [0.15, 0.2) is 40.3 Å². The smallest absolute Gasteiger partial charge is 0.341 e. The minimum atomic E-state index is -4.02. The van der Waals surface area contributed by atoms with Gasteiger partial charge in [-0.25, -0.2) is 18.0 Å². The van der Waals surface area contributed by atoms with Crippen molar-refractivity contribution < 1.29 is 27.5 Å². The lowest BCUT2D eigenvalue weighted by Crippen LogP contribution is -2.16. The second-order valence-electron chi connectivity index (χ2n) is 5.56. The Morgan fingerprint density at radius 3 is 2.20 bits per heavy atom. The van der Waals surface area contributed by atoms with E-state index in [1.165, 1.54) is 23.8 Å². The Morgan fingerprint density at radius 1 is 1.00 bits per heavy atom. The Kier molecular flexibility index (Phi) is 4.38. The molecule has 0 unspecified atom stereocenters. The minimum Gasteiger partial charge on any atom is -0.465 e. The molecule has 0 fully saturated rings. The van der Waals surface area contributed by atoms with Crippen LogP contribution in [0.3, 0.4) is 0 Å². The second kappa shape index (κ2) is 6.36. The highest BCUT2D eigenvalue weighted by Gasteiger charge is 2.39. The number of methoxy groups -OCH3 is 2. The van der Waals surface area contributed by atoms with Crippen LogP contribution in [-0.4, -0.2) is 39.1 Å². The molecule has 132 valence electrons. The lowest BCUT2D eigenvalue weighted by Gasteiger charge is -2.10.